The van der Waals surface area contributed by atoms with E-state index >= 15 is 0 Å². The summed E-state index contributed by atoms with van der Waals surface area (Å²) in [6.07, 6.45) is -0.941. The van der Waals surface area contributed by atoms with E-state index in [2.05, 4.69) is 10.6 Å². The second-order valence-electron chi connectivity index (χ2n) is 7.34. The molecule has 0 aromatic heterocycles. The molecule has 0 saturated heterocycles. The Balaban J connectivity index is 1.61. The number of hydrogen-bond donors (Lipinski definition) is 2. The average molecular weight is 400 g/mol. The van der Waals surface area contributed by atoms with Crippen LogP contribution in [0.15, 0.2) is 54.6 Å². The lowest BCUT2D eigenvalue weighted by Crippen LogP contribution is -2.32. The Morgan fingerprint density at radius 1 is 0.862 bits per heavy atom. The molecule has 2 amide bonds. The van der Waals surface area contributed by atoms with Crippen LogP contribution in [0.1, 0.15) is 31.9 Å². The van der Waals surface area contributed by atoms with Gasteiger partial charge in [-0.2, -0.15) is 0 Å². The van der Waals surface area contributed by atoms with Crippen molar-refractivity contribution in [3.63, 3.8) is 0 Å². The zero-order valence-corrected chi connectivity index (χ0v) is 17.1. The summed E-state index contributed by atoms with van der Waals surface area (Å²) in [5.41, 5.74) is 1.33. The SMILES string of the molecule is CC(C)(C)OC(=O)NCc1ccc(OCCNC(=O)OCc2ccccc2)cc1. The minimum absolute atomic E-state index is 0.228. The van der Waals surface area contributed by atoms with Crippen LogP contribution in [0.5, 0.6) is 5.75 Å². The van der Waals surface area contributed by atoms with E-state index in [4.69, 9.17) is 14.2 Å². The standard InChI is InChI=1S/C22H28N2O5/c1-22(2,3)29-21(26)24-15-17-9-11-19(12-10-17)27-14-13-23-20(25)28-16-18-7-5-4-6-8-18/h4-12H,13-16H2,1-3H3,(H,23,25)(H,24,26). The summed E-state index contributed by atoms with van der Waals surface area (Å²) in [5, 5.41) is 5.34. The summed E-state index contributed by atoms with van der Waals surface area (Å²) in [7, 11) is 0. The third-order valence-corrected chi connectivity index (χ3v) is 3.61. The van der Waals surface area contributed by atoms with Crippen LogP contribution in [-0.2, 0) is 22.6 Å². The van der Waals surface area contributed by atoms with Gasteiger partial charge in [0.2, 0.25) is 0 Å². The number of amides is 2. The minimum atomic E-state index is -0.524. The number of ether oxygens (including phenoxy) is 3. The first-order valence-corrected chi connectivity index (χ1v) is 9.45. The first-order chi connectivity index (χ1) is 13.8. The zero-order chi connectivity index (χ0) is 21.1. The van der Waals surface area contributed by atoms with Gasteiger partial charge in [0.25, 0.3) is 0 Å². The summed E-state index contributed by atoms with van der Waals surface area (Å²) in [5.74, 6) is 0.672. The summed E-state index contributed by atoms with van der Waals surface area (Å²) in [6, 6.07) is 16.8. The van der Waals surface area contributed by atoms with E-state index < -0.39 is 17.8 Å². The normalized spacial score (nSPS) is 10.7. The summed E-state index contributed by atoms with van der Waals surface area (Å²) in [4.78, 5) is 23.3. The molecule has 0 aliphatic heterocycles. The van der Waals surface area contributed by atoms with E-state index in [1.807, 2.05) is 63.2 Å². The summed E-state index contributed by atoms with van der Waals surface area (Å²) < 4.78 is 15.9. The second kappa shape index (κ2) is 10.9. The largest absolute Gasteiger partial charge is 0.492 e. The van der Waals surface area contributed by atoms with Crippen LogP contribution >= 0.6 is 0 Å². The van der Waals surface area contributed by atoms with Gasteiger partial charge in [0.1, 0.15) is 24.6 Å². The van der Waals surface area contributed by atoms with E-state index in [0.717, 1.165) is 11.1 Å². The molecular formula is C22H28N2O5. The highest BCUT2D eigenvalue weighted by atomic mass is 16.6. The van der Waals surface area contributed by atoms with E-state index in [9.17, 15) is 9.59 Å². The van der Waals surface area contributed by atoms with Crippen molar-refractivity contribution in [2.24, 2.45) is 0 Å². The Bertz CT molecular complexity index is 770. The highest BCUT2D eigenvalue weighted by molar-refractivity contribution is 5.67. The number of nitrogens with one attached hydrogen (secondary N) is 2. The van der Waals surface area contributed by atoms with Crippen molar-refractivity contribution in [3.8, 4) is 5.75 Å². The maximum atomic E-state index is 11.7. The minimum Gasteiger partial charge on any atom is -0.492 e. The van der Waals surface area contributed by atoms with Crippen molar-refractivity contribution < 1.29 is 23.8 Å². The number of alkyl carbamates (subject to hydrolysis) is 2. The van der Waals surface area contributed by atoms with Crippen LogP contribution in [0, 0.1) is 0 Å². The first-order valence-electron chi connectivity index (χ1n) is 9.45. The molecular weight excluding hydrogens is 372 g/mol. The molecule has 0 fully saturated rings. The van der Waals surface area contributed by atoms with E-state index in [1.54, 1.807) is 12.1 Å². The van der Waals surface area contributed by atoms with Gasteiger partial charge in [-0.15, -0.1) is 0 Å². The van der Waals surface area contributed by atoms with Gasteiger partial charge >= 0.3 is 12.2 Å². The van der Waals surface area contributed by atoms with Crippen LogP contribution in [0.3, 0.4) is 0 Å². The van der Waals surface area contributed by atoms with Crippen molar-refractivity contribution in [2.75, 3.05) is 13.2 Å². The van der Waals surface area contributed by atoms with Gasteiger partial charge in [-0.05, 0) is 44.0 Å². The average Bonchev–Trinajstić information content (AvgIpc) is 2.68. The molecule has 7 heteroatoms. The molecule has 0 unspecified atom stereocenters. The molecule has 156 valence electrons. The van der Waals surface area contributed by atoms with Crippen molar-refractivity contribution >= 4 is 12.2 Å². The van der Waals surface area contributed by atoms with E-state index in [0.29, 0.717) is 25.4 Å². The zero-order valence-electron chi connectivity index (χ0n) is 17.1. The third-order valence-electron chi connectivity index (χ3n) is 3.61. The van der Waals surface area contributed by atoms with E-state index in [-0.39, 0.29) is 6.61 Å². The predicted molar refractivity (Wildman–Crippen MR) is 110 cm³/mol. The van der Waals surface area contributed by atoms with Crippen LogP contribution in [0.25, 0.3) is 0 Å². The molecule has 2 N–H and O–H groups in total. The van der Waals surface area contributed by atoms with Gasteiger partial charge in [0.05, 0.1) is 6.54 Å². The molecule has 2 aromatic rings. The molecule has 0 atom stereocenters. The van der Waals surface area contributed by atoms with Gasteiger partial charge in [0.15, 0.2) is 0 Å². The van der Waals surface area contributed by atoms with Crippen LogP contribution in [0.2, 0.25) is 0 Å². The number of benzene rings is 2. The topological polar surface area (TPSA) is 85.9 Å². The van der Waals surface area contributed by atoms with Crippen molar-refractivity contribution in [3.05, 3.63) is 65.7 Å². The number of carbonyl (C=O) groups excluding carboxylic acids is 2. The van der Waals surface area contributed by atoms with Crippen LogP contribution in [-0.4, -0.2) is 30.9 Å². The molecule has 7 nitrogen and oxygen atoms in total. The monoisotopic (exact) mass is 400 g/mol. The Labute approximate surface area is 171 Å². The molecule has 0 aliphatic carbocycles. The molecule has 0 heterocycles. The van der Waals surface area contributed by atoms with E-state index in [1.165, 1.54) is 0 Å². The van der Waals surface area contributed by atoms with Crippen LogP contribution < -0.4 is 15.4 Å². The number of hydrogen-bond acceptors (Lipinski definition) is 5. The first kappa shape index (κ1) is 22.1. The second-order valence-corrected chi connectivity index (χ2v) is 7.34. The Kier molecular flexibility index (Phi) is 8.33. The Hall–Kier alpha value is -3.22. The molecule has 0 bridgehead atoms. The van der Waals surface area contributed by atoms with Crippen molar-refractivity contribution in [1.29, 1.82) is 0 Å². The molecule has 2 rings (SSSR count). The fraction of sp³-hybridized carbons (Fsp3) is 0.364. The lowest BCUT2D eigenvalue weighted by atomic mass is 10.2. The summed E-state index contributed by atoms with van der Waals surface area (Å²) in [6.45, 7) is 6.69. The molecule has 0 spiro atoms. The highest BCUT2D eigenvalue weighted by Crippen LogP contribution is 2.12. The van der Waals surface area contributed by atoms with Crippen molar-refractivity contribution in [1.82, 2.24) is 10.6 Å². The van der Waals surface area contributed by atoms with Gasteiger partial charge < -0.3 is 24.8 Å². The third kappa shape index (κ3) is 9.51. The van der Waals surface area contributed by atoms with Crippen LogP contribution in [0.4, 0.5) is 9.59 Å². The molecule has 0 aliphatic rings. The van der Waals surface area contributed by atoms with Crippen molar-refractivity contribution in [2.45, 2.75) is 39.5 Å². The number of rotatable bonds is 8. The molecule has 2 aromatic carbocycles. The van der Waals surface area contributed by atoms with Gasteiger partial charge in [0, 0.05) is 6.54 Å². The quantitative estimate of drug-likeness (QED) is 0.654. The fourth-order valence-electron chi connectivity index (χ4n) is 2.29. The maximum Gasteiger partial charge on any atom is 0.407 e. The predicted octanol–water partition coefficient (Wildman–Crippen LogP) is 4.02. The fourth-order valence-corrected chi connectivity index (χ4v) is 2.29. The number of carbonyl (C=O) groups is 2. The molecule has 0 saturated carbocycles. The lowest BCUT2D eigenvalue weighted by molar-refractivity contribution is 0.0523. The lowest BCUT2D eigenvalue weighted by Gasteiger charge is -2.19. The smallest absolute Gasteiger partial charge is 0.407 e. The Morgan fingerprint density at radius 2 is 1.55 bits per heavy atom. The van der Waals surface area contributed by atoms with Gasteiger partial charge in [-0.1, -0.05) is 42.5 Å². The highest BCUT2D eigenvalue weighted by Gasteiger charge is 2.15. The molecule has 29 heavy (non-hydrogen) atoms. The van der Waals surface area contributed by atoms with Gasteiger partial charge in [-0.3, -0.25) is 0 Å². The molecule has 0 radical (unpaired) electrons. The summed E-state index contributed by atoms with van der Waals surface area (Å²) >= 11 is 0. The Morgan fingerprint density at radius 3 is 2.21 bits per heavy atom. The van der Waals surface area contributed by atoms with Gasteiger partial charge in [-0.25, -0.2) is 9.59 Å². The maximum absolute atomic E-state index is 11.7.